The molecule has 1 atom stereocenters. The van der Waals surface area contributed by atoms with Crippen molar-refractivity contribution in [1.82, 2.24) is 14.9 Å². The van der Waals surface area contributed by atoms with Crippen LogP contribution in [-0.4, -0.2) is 53.4 Å². The van der Waals surface area contributed by atoms with Crippen LogP contribution in [0, 0.1) is 11.2 Å². The third-order valence-electron chi connectivity index (χ3n) is 8.33. The number of ether oxygens (including phenoxy) is 2. The summed E-state index contributed by atoms with van der Waals surface area (Å²) in [7, 11) is 0. The van der Waals surface area contributed by atoms with Crippen LogP contribution in [0.25, 0.3) is 11.0 Å². The maximum atomic E-state index is 15.4. The van der Waals surface area contributed by atoms with E-state index in [-0.39, 0.29) is 34.3 Å². The minimum atomic E-state index is -4.85. The standard InChI is InChI=1S/C27H28F4N4O3/c28-19-13-33-24-23(18-12-26(7-10-37-14-26)6-3-21(18)34-24)22(19)15-4-8-35(9-5-15)25(36)17-2-1-16(11-20(17)32)38-27(29,30)31/h1-2,11,13,15H,3-10,12,14,32H2,(H,33,34). The lowest BCUT2D eigenvalue weighted by atomic mass is 9.72. The minimum absolute atomic E-state index is 0.0930. The first-order valence-corrected chi connectivity index (χ1v) is 12.8. The average molecular weight is 533 g/mol. The highest BCUT2D eigenvalue weighted by atomic mass is 19.4. The van der Waals surface area contributed by atoms with Crippen molar-refractivity contribution in [2.45, 2.75) is 50.8 Å². The van der Waals surface area contributed by atoms with Crippen molar-refractivity contribution in [1.29, 1.82) is 0 Å². The predicted octanol–water partition coefficient (Wildman–Crippen LogP) is 5.10. The summed E-state index contributed by atoms with van der Waals surface area (Å²) in [4.78, 5) is 22.5. The van der Waals surface area contributed by atoms with Gasteiger partial charge in [-0.15, -0.1) is 13.2 Å². The highest BCUT2D eigenvalue weighted by molar-refractivity contribution is 5.99. The number of likely N-dealkylation sites (tertiary alicyclic amines) is 1. The Kier molecular flexibility index (Phi) is 6.01. The third kappa shape index (κ3) is 4.46. The van der Waals surface area contributed by atoms with Gasteiger partial charge in [0.15, 0.2) is 0 Å². The first kappa shape index (κ1) is 25.0. The molecule has 0 radical (unpaired) electrons. The number of H-pyrrole nitrogens is 1. The molecule has 38 heavy (non-hydrogen) atoms. The summed E-state index contributed by atoms with van der Waals surface area (Å²) in [5, 5.41) is 0.875. The average Bonchev–Trinajstić information content (AvgIpc) is 3.47. The summed E-state index contributed by atoms with van der Waals surface area (Å²) in [5.74, 6) is -1.29. The monoisotopic (exact) mass is 532 g/mol. The lowest BCUT2D eigenvalue weighted by Crippen LogP contribution is -2.38. The zero-order valence-electron chi connectivity index (χ0n) is 20.7. The van der Waals surface area contributed by atoms with Crippen molar-refractivity contribution in [3.63, 3.8) is 0 Å². The second-order valence-corrected chi connectivity index (χ2v) is 10.7. The van der Waals surface area contributed by atoms with Gasteiger partial charge in [0.25, 0.3) is 5.91 Å². The lowest BCUT2D eigenvalue weighted by molar-refractivity contribution is -0.274. The smallest absolute Gasteiger partial charge is 0.406 e. The van der Waals surface area contributed by atoms with E-state index in [2.05, 4.69) is 14.7 Å². The third-order valence-corrected chi connectivity index (χ3v) is 8.33. The zero-order chi connectivity index (χ0) is 26.7. The summed E-state index contributed by atoms with van der Waals surface area (Å²) in [6.45, 7) is 2.23. The fourth-order valence-corrected chi connectivity index (χ4v) is 6.39. The van der Waals surface area contributed by atoms with E-state index < -0.39 is 12.1 Å². The number of aromatic nitrogens is 2. The Balaban J connectivity index is 1.22. The Morgan fingerprint density at radius 3 is 2.71 bits per heavy atom. The molecular weight excluding hydrogens is 504 g/mol. The number of piperidine rings is 1. The van der Waals surface area contributed by atoms with E-state index in [1.807, 2.05) is 0 Å². The molecular formula is C27H28F4N4O3. The van der Waals surface area contributed by atoms with Crippen molar-refractivity contribution in [3.05, 3.63) is 52.6 Å². The van der Waals surface area contributed by atoms with Gasteiger partial charge in [-0.3, -0.25) is 4.79 Å². The molecule has 4 heterocycles. The maximum Gasteiger partial charge on any atom is 0.573 e. The number of pyridine rings is 1. The molecule has 7 nitrogen and oxygen atoms in total. The van der Waals surface area contributed by atoms with Crippen LogP contribution in [-0.2, 0) is 17.6 Å². The number of alkyl halides is 3. The van der Waals surface area contributed by atoms with E-state index in [1.165, 1.54) is 12.3 Å². The van der Waals surface area contributed by atoms with Gasteiger partial charge in [-0.25, -0.2) is 9.37 Å². The van der Waals surface area contributed by atoms with Crippen molar-refractivity contribution in [2.24, 2.45) is 5.41 Å². The lowest BCUT2D eigenvalue weighted by Gasteiger charge is -2.34. The Morgan fingerprint density at radius 2 is 2.03 bits per heavy atom. The number of hydrogen-bond donors (Lipinski definition) is 2. The Labute approximate surface area is 216 Å². The molecule has 2 fully saturated rings. The number of halogens is 4. The molecule has 0 saturated carbocycles. The minimum Gasteiger partial charge on any atom is -0.406 e. The molecule has 1 amide bonds. The number of rotatable bonds is 3. The van der Waals surface area contributed by atoms with Crippen molar-refractivity contribution in [2.75, 3.05) is 32.0 Å². The molecule has 3 N–H and O–H groups in total. The van der Waals surface area contributed by atoms with Crippen molar-refractivity contribution in [3.8, 4) is 5.75 Å². The number of aromatic amines is 1. The zero-order valence-corrected chi connectivity index (χ0v) is 20.7. The van der Waals surface area contributed by atoms with Crippen LogP contribution in [0.5, 0.6) is 5.75 Å². The molecule has 1 spiro atoms. The molecule has 0 bridgehead atoms. The summed E-state index contributed by atoms with van der Waals surface area (Å²) >= 11 is 0. The largest absolute Gasteiger partial charge is 0.573 e. The van der Waals surface area contributed by atoms with Crippen LogP contribution in [0.15, 0.2) is 24.4 Å². The van der Waals surface area contributed by atoms with Crippen LogP contribution >= 0.6 is 0 Å². The van der Waals surface area contributed by atoms with Crippen LogP contribution in [0.4, 0.5) is 23.2 Å². The summed E-state index contributed by atoms with van der Waals surface area (Å²) < 4.78 is 62.5. The number of hydrogen-bond acceptors (Lipinski definition) is 5. The van der Waals surface area contributed by atoms with Gasteiger partial charge in [0.05, 0.1) is 18.4 Å². The highest BCUT2D eigenvalue weighted by Crippen LogP contribution is 2.46. The predicted molar refractivity (Wildman–Crippen MR) is 131 cm³/mol. The summed E-state index contributed by atoms with van der Waals surface area (Å²) in [5.41, 5.74) is 9.63. The highest BCUT2D eigenvalue weighted by Gasteiger charge is 2.40. The molecule has 1 aromatic carbocycles. The molecule has 2 aromatic heterocycles. The molecule has 6 rings (SSSR count). The van der Waals surface area contributed by atoms with Gasteiger partial charge in [0.2, 0.25) is 0 Å². The number of carbonyl (C=O) groups excluding carboxylic acids is 1. The summed E-state index contributed by atoms with van der Waals surface area (Å²) in [6.07, 6.45) is 1.29. The van der Waals surface area contributed by atoms with Crippen LogP contribution in [0.3, 0.4) is 0 Å². The van der Waals surface area contributed by atoms with Gasteiger partial charge in [-0.05, 0) is 62.1 Å². The van der Waals surface area contributed by atoms with Gasteiger partial charge >= 0.3 is 6.36 Å². The number of nitrogen functional groups attached to an aromatic ring is 1. The Bertz CT molecular complexity index is 1390. The van der Waals surface area contributed by atoms with Gasteiger partial charge in [0.1, 0.15) is 17.2 Å². The Hall–Kier alpha value is -3.34. The van der Waals surface area contributed by atoms with E-state index in [4.69, 9.17) is 10.5 Å². The number of benzene rings is 1. The van der Waals surface area contributed by atoms with E-state index in [9.17, 15) is 18.0 Å². The van der Waals surface area contributed by atoms with Crippen LogP contribution < -0.4 is 10.5 Å². The molecule has 11 heteroatoms. The quantitative estimate of drug-likeness (QED) is 0.362. The molecule has 2 aliphatic heterocycles. The number of amides is 1. The van der Waals surface area contributed by atoms with E-state index >= 15 is 4.39 Å². The van der Waals surface area contributed by atoms with Crippen LogP contribution in [0.2, 0.25) is 0 Å². The molecule has 2 saturated heterocycles. The first-order chi connectivity index (χ1) is 18.1. The topological polar surface area (TPSA) is 93.5 Å². The molecule has 1 aliphatic carbocycles. The molecule has 3 aromatic rings. The van der Waals surface area contributed by atoms with E-state index in [0.717, 1.165) is 67.7 Å². The van der Waals surface area contributed by atoms with E-state index in [0.29, 0.717) is 37.1 Å². The van der Waals surface area contributed by atoms with Crippen molar-refractivity contribution >= 4 is 22.6 Å². The molecule has 1 unspecified atom stereocenters. The number of fused-ring (bicyclic) bond motifs is 3. The van der Waals surface area contributed by atoms with E-state index in [1.54, 1.807) is 4.90 Å². The molecule has 202 valence electrons. The van der Waals surface area contributed by atoms with Crippen LogP contribution in [0.1, 0.15) is 58.8 Å². The maximum absolute atomic E-state index is 15.4. The summed E-state index contributed by atoms with van der Waals surface area (Å²) in [6, 6.07) is 3.31. The number of nitrogens with two attached hydrogens (primary N) is 1. The fourth-order valence-electron chi connectivity index (χ4n) is 6.39. The first-order valence-electron chi connectivity index (χ1n) is 12.8. The SMILES string of the molecule is Nc1cc(OC(F)(F)F)ccc1C(=O)N1CCC(c2c(F)cnc3[nH]c4c(c23)CC2(CCOC2)CC4)CC1. The number of nitrogens with one attached hydrogen (secondary N) is 1. The van der Waals surface area contributed by atoms with Gasteiger partial charge in [0, 0.05) is 53.5 Å². The second kappa shape index (κ2) is 9.14. The normalized spacial score (nSPS) is 22.3. The van der Waals surface area contributed by atoms with Crippen molar-refractivity contribution < 1.29 is 31.8 Å². The Morgan fingerprint density at radius 1 is 1.24 bits per heavy atom. The second-order valence-electron chi connectivity index (χ2n) is 10.7. The number of anilines is 1. The molecule has 3 aliphatic rings. The fraction of sp³-hybridized carbons (Fsp3) is 0.481. The number of aryl methyl sites for hydroxylation is 1. The number of carbonyl (C=O) groups is 1. The van der Waals surface area contributed by atoms with Gasteiger partial charge in [-0.2, -0.15) is 0 Å². The van der Waals surface area contributed by atoms with Gasteiger partial charge in [-0.1, -0.05) is 0 Å². The van der Waals surface area contributed by atoms with Gasteiger partial charge < -0.3 is 25.1 Å². The number of nitrogens with zero attached hydrogens (tertiary/aromatic N) is 2.